The summed E-state index contributed by atoms with van der Waals surface area (Å²) in [6, 6.07) is 14.7. The molecule has 1 aromatic carbocycles. The van der Waals surface area contributed by atoms with Crippen LogP contribution in [0.15, 0.2) is 47.7 Å². The topological polar surface area (TPSA) is 84.9 Å². The number of aryl methyl sites for hydroxylation is 1. The third kappa shape index (κ3) is 2.98. The maximum Gasteiger partial charge on any atom is 0.237 e. The summed E-state index contributed by atoms with van der Waals surface area (Å²) < 4.78 is 0. The van der Waals surface area contributed by atoms with Crippen molar-refractivity contribution >= 4 is 11.4 Å². The molecule has 0 aliphatic carbocycles. The lowest BCUT2D eigenvalue weighted by Gasteiger charge is -2.05. The van der Waals surface area contributed by atoms with Crippen molar-refractivity contribution in [3.63, 3.8) is 0 Å². The average molecular weight is 261 g/mol. The van der Waals surface area contributed by atoms with E-state index in [1.54, 1.807) is 18.3 Å². The minimum absolute atomic E-state index is 0.213. The molecule has 0 aliphatic heterocycles. The molecule has 5 nitrogen and oxygen atoms in total. The summed E-state index contributed by atoms with van der Waals surface area (Å²) in [6.07, 6.45) is 1.75. The van der Waals surface area contributed by atoms with Gasteiger partial charge in [0.25, 0.3) is 0 Å². The molecule has 0 spiro atoms. The van der Waals surface area contributed by atoms with E-state index in [2.05, 4.69) is 15.5 Å². The Bertz CT molecular complexity index is 701. The minimum atomic E-state index is -0.213. The van der Waals surface area contributed by atoms with E-state index in [1.807, 2.05) is 43.3 Å². The van der Waals surface area contributed by atoms with Gasteiger partial charge in [0.1, 0.15) is 12.1 Å². The third-order valence-corrected chi connectivity index (χ3v) is 2.68. The Kier molecular flexibility index (Phi) is 4.06. The first-order valence-corrected chi connectivity index (χ1v) is 5.90. The van der Waals surface area contributed by atoms with E-state index in [4.69, 9.17) is 10.5 Å². The maximum absolute atomic E-state index is 8.58. The second-order valence-corrected chi connectivity index (χ2v) is 4.04. The van der Waals surface area contributed by atoms with Crippen LogP contribution >= 0.6 is 0 Å². The van der Waals surface area contributed by atoms with Crippen molar-refractivity contribution in [1.82, 2.24) is 4.98 Å². The highest BCUT2D eigenvalue weighted by molar-refractivity contribution is 6.10. The molecular formula is C15H11N5. The summed E-state index contributed by atoms with van der Waals surface area (Å²) in [5.41, 5.74) is 6.17. The second kappa shape index (κ2) is 6.12. The number of benzene rings is 1. The molecule has 0 bridgehead atoms. The first-order valence-electron chi connectivity index (χ1n) is 5.90. The molecule has 5 heteroatoms. The molecule has 1 N–H and O–H groups in total. The van der Waals surface area contributed by atoms with Crippen molar-refractivity contribution in [3.05, 3.63) is 48.2 Å². The number of hydrogen-bond acceptors (Lipinski definition) is 5. The molecule has 0 saturated heterocycles. The number of nitrogens with zero attached hydrogens (tertiary/aromatic N) is 4. The zero-order valence-electron chi connectivity index (χ0n) is 10.8. The van der Waals surface area contributed by atoms with Crippen molar-refractivity contribution in [2.75, 3.05) is 5.43 Å². The van der Waals surface area contributed by atoms with E-state index >= 15 is 0 Å². The van der Waals surface area contributed by atoms with Crippen molar-refractivity contribution in [3.8, 4) is 23.4 Å². The molecule has 0 atom stereocenters. The van der Waals surface area contributed by atoms with Gasteiger partial charge in [-0.3, -0.25) is 10.4 Å². The molecule has 20 heavy (non-hydrogen) atoms. The number of anilines is 1. The molecule has 0 unspecified atom stereocenters. The fourth-order valence-corrected chi connectivity index (χ4v) is 1.69. The molecule has 96 valence electrons. The van der Waals surface area contributed by atoms with Gasteiger partial charge in [-0.15, -0.1) is 0 Å². The number of nitrogens with one attached hydrogen (secondary N) is 1. The number of hydrazone groups is 1. The van der Waals surface area contributed by atoms with Gasteiger partial charge in [-0.05, 0) is 30.7 Å². The van der Waals surface area contributed by atoms with Crippen LogP contribution in [0.2, 0.25) is 0 Å². The number of nitriles is 2. The van der Waals surface area contributed by atoms with Crippen LogP contribution in [-0.4, -0.2) is 10.7 Å². The Hall–Kier alpha value is -3.18. The van der Waals surface area contributed by atoms with Crippen LogP contribution in [0.5, 0.6) is 0 Å². The lowest BCUT2D eigenvalue weighted by atomic mass is 10.1. The number of hydrogen-bond donors (Lipinski definition) is 1. The van der Waals surface area contributed by atoms with Crippen LogP contribution in [0, 0.1) is 29.6 Å². The quantitative estimate of drug-likeness (QED) is 0.680. The van der Waals surface area contributed by atoms with E-state index in [0.717, 1.165) is 16.8 Å². The summed E-state index contributed by atoms with van der Waals surface area (Å²) in [7, 11) is 0. The van der Waals surface area contributed by atoms with Crippen LogP contribution in [0.4, 0.5) is 5.69 Å². The molecule has 0 radical (unpaired) electrons. The van der Waals surface area contributed by atoms with Gasteiger partial charge in [-0.2, -0.15) is 15.6 Å². The molecule has 0 fully saturated rings. The molecule has 1 heterocycles. The van der Waals surface area contributed by atoms with E-state index in [-0.39, 0.29) is 5.71 Å². The highest BCUT2D eigenvalue weighted by atomic mass is 15.3. The van der Waals surface area contributed by atoms with Crippen LogP contribution in [-0.2, 0) is 0 Å². The fourth-order valence-electron chi connectivity index (χ4n) is 1.69. The minimum Gasteiger partial charge on any atom is -0.277 e. The fraction of sp³-hybridized carbons (Fsp3) is 0.0667. The average Bonchev–Trinajstić information content (AvgIpc) is 2.49. The van der Waals surface area contributed by atoms with Crippen molar-refractivity contribution < 1.29 is 0 Å². The van der Waals surface area contributed by atoms with E-state index in [1.165, 1.54) is 0 Å². The first-order chi connectivity index (χ1) is 9.74. The van der Waals surface area contributed by atoms with E-state index in [0.29, 0.717) is 5.69 Å². The SMILES string of the molecule is Cc1cccnc1-c1ccc(NN=C(C#N)C#N)cc1. The maximum atomic E-state index is 8.58. The second-order valence-electron chi connectivity index (χ2n) is 4.04. The van der Waals surface area contributed by atoms with Crippen molar-refractivity contribution in [1.29, 1.82) is 10.5 Å². The Balaban J connectivity index is 2.20. The highest BCUT2D eigenvalue weighted by Gasteiger charge is 2.02. The summed E-state index contributed by atoms with van der Waals surface area (Å²) in [4.78, 5) is 4.34. The Morgan fingerprint density at radius 3 is 2.45 bits per heavy atom. The van der Waals surface area contributed by atoms with Gasteiger partial charge in [0.05, 0.1) is 11.4 Å². The highest BCUT2D eigenvalue weighted by Crippen LogP contribution is 2.22. The van der Waals surface area contributed by atoms with Gasteiger partial charge >= 0.3 is 0 Å². The van der Waals surface area contributed by atoms with Crippen LogP contribution in [0.25, 0.3) is 11.3 Å². The molecular weight excluding hydrogens is 250 g/mol. The number of rotatable bonds is 3. The standard InChI is InChI=1S/C15H11N5/c1-11-3-2-8-18-15(11)12-4-6-13(7-5-12)19-20-14(9-16)10-17/h2-8,19H,1H3. The molecule has 2 aromatic rings. The van der Waals surface area contributed by atoms with Gasteiger partial charge in [-0.1, -0.05) is 18.2 Å². The Morgan fingerprint density at radius 2 is 1.85 bits per heavy atom. The van der Waals surface area contributed by atoms with Gasteiger partial charge in [0.15, 0.2) is 0 Å². The zero-order chi connectivity index (χ0) is 14.4. The lowest BCUT2D eigenvalue weighted by Crippen LogP contribution is -1.96. The normalized spacial score (nSPS) is 9.15. The van der Waals surface area contributed by atoms with Gasteiger partial charge in [-0.25, -0.2) is 0 Å². The number of aromatic nitrogens is 1. The lowest BCUT2D eigenvalue weighted by molar-refractivity contribution is 1.27. The molecule has 0 aliphatic rings. The molecule has 1 aromatic heterocycles. The molecule has 0 amide bonds. The van der Waals surface area contributed by atoms with Gasteiger partial charge < -0.3 is 0 Å². The molecule has 2 rings (SSSR count). The van der Waals surface area contributed by atoms with Gasteiger partial charge in [0, 0.05) is 11.8 Å². The summed E-state index contributed by atoms with van der Waals surface area (Å²) in [5.74, 6) is 0. The largest absolute Gasteiger partial charge is 0.277 e. The monoisotopic (exact) mass is 261 g/mol. The van der Waals surface area contributed by atoms with Crippen LogP contribution in [0.3, 0.4) is 0 Å². The zero-order valence-corrected chi connectivity index (χ0v) is 10.8. The predicted molar refractivity (Wildman–Crippen MR) is 76.7 cm³/mol. The van der Waals surface area contributed by atoms with Gasteiger partial charge in [0.2, 0.25) is 5.71 Å². The predicted octanol–water partition coefficient (Wildman–Crippen LogP) is 2.87. The summed E-state index contributed by atoms with van der Waals surface area (Å²) in [6.45, 7) is 2.00. The smallest absolute Gasteiger partial charge is 0.237 e. The number of pyridine rings is 1. The summed E-state index contributed by atoms with van der Waals surface area (Å²) in [5, 5.41) is 20.8. The van der Waals surface area contributed by atoms with E-state index in [9.17, 15) is 0 Å². The Labute approximate surface area is 116 Å². The van der Waals surface area contributed by atoms with Crippen LogP contribution in [0.1, 0.15) is 5.56 Å². The first kappa shape index (κ1) is 13.3. The summed E-state index contributed by atoms with van der Waals surface area (Å²) >= 11 is 0. The molecule has 0 saturated carbocycles. The Morgan fingerprint density at radius 1 is 1.15 bits per heavy atom. The van der Waals surface area contributed by atoms with E-state index < -0.39 is 0 Å². The third-order valence-electron chi connectivity index (χ3n) is 2.68. The van der Waals surface area contributed by atoms with Crippen LogP contribution < -0.4 is 5.43 Å². The van der Waals surface area contributed by atoms with Crippen molar-refractivity contribution in [2.24, 2.45) is 5.10 Å². The van der Waals surface area contributed by atoms with Crippen molar-refractivity contribution in [2.45, 2.75) is 6.92 Å².